The van der Waals surface area contributed by atoms with E-state index < -0.39 is 70.0 Å². The number of nitrogens with zero attached hydrogens (tertiary/aromatic N) is 6. The summed E-state index contributed by atoms with van der Waals surface area (Å²) >= 11 is 5.30. The quantitative estimate of drug-likeness (QED) is 0.0416. The van der Waals surface area contributed by atoms with Crippen molar-refractivity contribution in [3.63, 3.8) is 0 Å². The van der Waals surface area contributed by atoms with Crippen molar-refractivity contribution in [3.8, 4) is 17.9 Å². The number of allylic oxidation sites excluding steroid dienone is 2. The number of esters is 2. The molecule has 17 heteroatoms. The van der Waals surface area contributed by atoms with Gasteiger partial charge in [-0.3, -0.25) is 9.80 Å². The van der Waals surface area contributed by atoms with Crippen molar-refractivity contribution in [2.45, 2.75) is 228 Å². The van der Waals surface area contributed by atoms with Gasteiger partial charge in [0.25, 0.3) is 0 Å². The van der Waals surface area contributed by atoms with Gasteiger partial charge >= 0.3 is 29.4 Å². The first-order chi connectivity index (χ1) is 35.2. The van der Waals surface area contributed by atoms with Gasteiger partial charge in [0.2, 0.25) is 0 Å². The maximum Gasteiger partial charge on any atom is 0.411 e. The molecule has 0 radical (unpaired) electrons. The Morgan fingerprint density at radius 1 is 0.737 bits per heavy atom. The Hall–Kier alpha value is -5.55. The summed E-state index contributed by atoms with van der Waals surface area (Å²) in [7, 11) is 2.62. The van der Waals surface area contributed by atoms with Gasteiger partial charge < -0.3 is 28.4 Å². The smallest absolute Gasteiger partial charge is 0.411 e. The molecule has 0 N–H and O–H groups in total. The van der Waals surface area contributed by atoms with Crippen LogP contribution in [0.4, 0.5) is 9.59 Å². The monoisotopic (exact) mass is 1080 g/mol. The fourth-order valence-corrected chi connectivity index (χ4v) is 8.62. The summed E-state index contributed by atoms with van der Waals surface area (Å²) in [4.78, 5) is 52.7. The zero-order valence-corrected chi connectivity index (χ0v) is 50.6. The number of rotatable bonds is 19. The summed E-state index contributed by atoms with van der Waals surface area (Å²) in [6, 6.07) is 9.74. The van der Waals surface area contributed by atoms with Crippen LogP contribution in [0, 0.1) is 46.3 Å². The SMILES string of the molecule is C=CC[C@]1(C)CCN(C(=O)OC(C)(C)C)[C@@H]1C(=O)OC.C=CC[C@]1(C)[C@H](OC(=S)Oc2ccc(C)cc2)CN(C(=O)OC(C)(C)C)[C@@H]1C(=O)OC.CC(C)(C#N)N=NC(C)(C)C#N.CCCCC(CCCC)CCCC. The lowest BCUT2D eigenvalue weighted by molar-refractivity contribution is -0.150. The minimum absolute atomic E-state index is 0.0798. The molecule has 2 fully saturated rings. The number of carbonyl (C=O) groups excluding carboxylic acids is 4. The Kier molecular flexibility index (Phi) is 30.5. The third kappa shape index (κ3) is 25.1. The molecular weight excluding hydrogens is 985 g/mol. The molecule has 1 aromatic carbocycles. The van der Waals surface area contributed by atoms with Gasteiger partial charge in [-0.1, -0.05) is 122 Å². The Morgan fingerprint density at radius 3 is 1.54 bits per heavy atom. The van der Waals surface area contributed by atoms with E-state index in [-0.39, 0.29) is 17.2 Å². The number of unbranched alkanes of at least 4 members (excludes halogenated alkanes) is 3. The number of methoxy groups -OCH3 is 2. The van der Waals surface area contributed by atoms with Crippen LogP contribution in [0.2, 0.25) is 0 Å². The summed E-state index contributed by atoms with van der Waals surface area (Å²) in [6.45, 7) is 38.0. The lowest BCUT2D eigenvalue weighted by Crippen LogP contribution is -2.50. The minimum Gasteiger partial charge on any atom is -0.467 e. The fourth-order valence-electron chi connectivity index (χ4n) is 8.41. The van der Waals surface area contributed by atoms with Crippen LogP contribution in [0.15, 0.2) is 59.8 Å². The number of carbonyl (C=O) groups is 4. The number of amides is 2. The number of azo groups is 1. The predicted molar refractivity (Wildman–Crippen MR) is 304 cm³/mol. The van der Waals surface area contributed by atoms with Crippen LogP contribution in [-0.4, -0.2) is 107 Å². The Morgan fingerprint density at radius 2 is 1.16 bits per heavy atom. The van der Waals surface area contributed by atoms with Crippen LogP contribution in [0.3, 0.4) is 0 Å². The summed E-state index contributed by atoms with van der Waals surface area (Å²) < 4.78 is 32.3. The highest BCUT2D eigenvalue weighted by molar-refractivity contribution is 7.79. The molecule has 5 atom stereocenters. The maximum atomic E-state index is 12.9. The van der Waals surface area contributed by atoms with Crippen molar-refractivity contribution in [1.29, 1.82) is 10.5 Å². The van der Waals surface area contributed by atoms with Gasteiger partial charge in [-0.15, -0.1) is 13.2 Å². The number of hydrogen-bond acceptors (Lipinski definition) is 15. The van der Waals surface area contributed by atoms with E-state index in [4.69, 9.17) is 51.2 Å². The number of likely N-dealkylation sites (tertiary alicyclic amines) is 2. The molecule has 2 aliphatic rings. The number of benzene rings is 1. The molecule has 2 amide bonds. The molecule has 1 aromatic rings. The fraction of sp³-hybridized carbons (Fsp3) is 0.712. The van der Waals surface area contributed by atoms with Crippen molar-refractivity contribution in [3.05, 3.63) is 55.1 Å². The summed E-state index contributed by atoms with van der Waals surface area (Å²) in [5.74, 6) is 0.608. The van der Waals surface area contributed by atoms with Crippen molar-refractivity contribution >= 4 is 41.6 Å². The molecule has 3 rings (SSSR count). The third-order valence-electron chi connectivity index (χ3n) is 12.7. The zero-order chi connectivity index (χ0) is 58.7. The molecule has 76 heavy (non-hydrogen) atoms. The summed E-state index contributed by atoms with van der Waals surface area (Å²) in [5, 5.41) is 24.6. The number of ether oxygens (including phenoxy) is 6. The van der Waals surface area contributed by atoms with Crippen LogP contribution in [-0.2, 0) is 33.3 Å². The highest BCUT2D eigenvalue weighted by Gasteiger charge is 2.59. The highest BCUT2D eigenvalue weighted by Crippen LogP contribution is 2.44. The molecule has 2 heterocycles. The Bertz CT molecular complexity index is 2070. The van der Waals surface area contributed by atoms with Crippen LogP contribution in [0.1, 0.15) is 186 Å². The molecule has 0 aliphatic carbocycles. The van der Waals surface area contributed by atoms with Crippen molar-refractivity contribution < 1.29 is 47.6 Å². The molecule has 2 aliphatic heterocycles. The second kappa shape index (κ2) is 32.9. The molecule has 0 saturated carbocycles. The van der Waals surface area contributed by atoms with E-state index in [1.807, 2.05) is 45.0 Å². The average molecular weight is 1080 g/mol. The van der Waals surface area contributed by atoms with Gasteiger partial charge in [0, 0.05) is 29.6 Å². The van der Waals surface area contributed by atoms with E-state index >= 15 is 0 Å². The summed E-state index contributed by atoms with van der Waals surface area (Å²) in [6.07, 6.45) is 16.3. The van der Waals surface area contributed by atoms with Gasteiger partial charge in [-0.25, -0.2) is 19.2 Å². The maximum absolute atomic E-state index is 12.9. The standard InChI is InChI=1S/C23H31NO6S.C15H25NO4.C13H28.C8H12N4/c1-8-13-23(6)17(29-21(31)28-16-11-9-15(2)10-12-16)14-24(18(23)19(25)27-7)20(26)30-22(3,4)5;1-7-8-15(5)9-10-16(11(15)12(17)19-6)13(18)20-14(2,3)4;1-4-7-10-13(11-8-5-2)12-9-6-3;1-7(2,5-9)11-12-8(3,4)6-10/h8-12,17-18H,1,13-14H2,2-7H3;7,11H,1,8-10H2,2-6H3;13H,4-12H2,1-3H3;1-4H3/t17-,18-,23-;11-,15-;;/m11../s1. The Balaban J connectivity index is 0.00000107. The molecular formula is C59H96N6O10S. The van der Waals surface area contributed by atoms with Gasteiger partial charge in [0.1, 0.15) is 35.1 Å². The zero-order valence-electron chi connectivity index (χ0n) is 49.8. The van der Waals surface area contributed by atoms with Crippen molar-refractivity contribution in [2.24, 2.45) is 27.0 Å². The van der Waals surface area contributed by atoms with E-state index in [1.165, 1.54) is 81.8 Å². The van der Waals surface area contributed by atoms with Gasteiger partial charge in [0.05, 0.1) is 32.9 Å². The van der Waals surface area contributed by atoms with Crippen LogP contribution >= 0.6 is 12.2 Å². The second-order valence-electron chi connectivity index (χ2n) is 23.2. The van der Waals surface area contributed by atoms with Gasteiger partial charge in [0.15, 0.2) is 11.1 Å². The minimum atomic E-state index is -0.933. The van der Waals surface area contributed by atoms with E-state index in [2.05, 4.69) is 44.2 Å². The number of thiocarbonyl (C=S) groups is 1. The lowest BCUT2D eigenvalue weighted by Gasteiger charge is -2.35. The molecule has 0 unspecified atom stereocenters. The van der Waals surface area contributed by atoms with Crippen LogP contribution < -0.4 is 4.74 Å². The topological polar surface area (TPSA) is 202 Å². The largest absolute Gasteiger partial charge is 0.467 e. The third-order valence-corrected chi connectivity index (χ3v) is 12.9. The predicted octanol–water partition coefficient (Wildman–Crippen LogP) is 14.4. The van der Waals surface area contributed by atoms with Crippen molar-refractivity contribution in [2.75, 3.05) is 27.3 Å². The molecule has 428 valence electrons. The molecule has 0 bridgehead atoms. The van der Waals surface area contributed by atoms with E-state index in [1.54, 1.807) is 93.5 Å². The van der Waals surface area contributed by atoms with Gasteiger partial charge in [-0.05, 0) is 113 Å². The number of aryl methyl sites for hydroxylation is 1. The average Bonchev–Trinajstić information content (AvgIpc) is 3.83. The van der Waals surface area contributed by atoms with Crippen molar-refractivity contribution in [1.82, 2.24) is 9.80 Å². The molecule has 0 aromatic heterocycles. The van der Waals surface area contributed by atoms with Gasteiger partial charge in [-0.2, -0.15) is 20.8 Å². The first-order valence-corrected chi connectivity index (χ1v) is 27.2. The Labute approximate surface area is 463 Å². The first kappa shape index (κ1) is 70.5. The second-order valence-corrected chi connectivity index (χ2v) is 23.5. The van der Waals surface area contributed by atoms with E-state index in [0.29, 0.717) is 25.1 Å². The number of hydrogen-bond donors (Lipinski definition) is 0. The van der Waals surface area contributed by atoms with E-state index in [0.717, 1.165) is 17.9 Å². The van der Waals surface area contributed by atoms with Crippen LogP contribution in [0.5, 0.6) is 5.75 Å². The first-order valence-electron chi connectivity index (χ1n) is 26.8. The number of nitriles is 2. The lowest BCUT2D eigenvalue weighted by atomic mass is 9.77. The van der Waals surface area contributed by atoms with E-state index in [9.17, 15) is 19.2 Å². The molecule has 16 nitrogen and oxygen atoms in total. The normalized spacial score (nSPS) is 20.2. The molecule has 2 saturated heterocycles. The highest BCUT2D eigenvalue weighted by atomic mass is 32.1. The summed E-state index contributed by atoms with van der Waals surface area (Å²) in [5.41, 5.74) is -3.12. The van der Waals surface area contributed by atoms with Crippen LogP contribution in [0.25, 0.3) is 0 Å². The molecule has 0 spiro atoms.